The minimum atomic E-state index is 0.453. The zero-order valence-electron chi connectivity index (χ0n) is 10.5. The van der Waals surface area contributed by atoms with Gasteiger partial charge in [0, 0.05) is 17.9 Å². The molecule has 1 aromatic carbocycles. The molecule has 0 fully saturated rings. The number of rotatable bonds is 1. The minimum absolute atomic E-state index is 0.453. The lowest BCUT2D eigenvalue weighted by atomic mass is 10.1. The molecule has 0 N–H and O–H groups in total. The molecule has 2 nitrogen and oxygen atoms in total. The van der Waals surface area contributed by atoms with E-state index >= 15 is 0 Å². The average molecular weight is 303 g/mol. The Morgan fingerprint density at radius 1 is 1.33 bits per heavy atom. The van der Waals surface area contributed by atoms with E-state index in [-0.39, 0.29) is 0 Å². The van der Waals surface area contributed by atoms with Gasteiger partial charge >= 0.3 is 0 Å². The van der Waals surface area contributed by atoms with Gasteiger partial charge in [-0.2, -0.15) is 0 Å². The van der Waals surface area contributed by atoms with Crippen LogP contribution in [0.5, 0.6) is 0 Å². The first-order chi connectivity index (χ1) is 8.66. The van der Waals surface area contributed by atoms with Crippen LogP contribution in [0.3, 0.4) is 0 Å². The van der Waals surface area contributed by atoms with Crippen molar-refractivity contribution in [1.82, 2.24) is 4.98 Å². The van der Waals surface area contributed by atoms with Gasteiger partial charge in [0.05, 0.1) is 4.47 Å². The molecule has 0 bridgehead atoms. The molecule has 0 spiro atoms. The third-order valence-corrected chi connectivity index (χ3v) is 3.98. The molecule has 1 atom stereocenters. The summed E-state index contributed by atoms with van der Waals surface area (Å²) in [6.45, 7) is 4.30. The molecule has 18 heavy (non-hydrogen) atoms. The molecule has 1 aliphatic heterocycles. The van der Waals surface area contributed by atoms with E-state index in [1.54, 1.807) is 0 Å². The van der Waals surface area contributed by atoms with Gasteiger partial charge in [-0.25, -0.2) is 4.98 Å². The fraction of sp³-hybridized carbons (Fsp3) is 0.267. The first-order valence-electron chi connectivity index (χ1n) is 6.16. The molecule has 1 unspecified atom stereocenters. The number of aromatic nitrogens is 1. The SMILES string of the molecule is Cc1cnc(N2c3ccccc3CC2C)c(Br)c1. The average Bonchev–Trinajstić information content (AvgIpc) is 2.66. The lowest BCUT2D eigenvalue weighted by molar-refractivity contribution is 0.749. The van der Waals surface area contributed by atoms with E-state index < -0.39 is 0 Å². The summed E-state index contributed by atoms with van der Waals surface area (Å²) in [6.07, 6.45) is 3.01. The third-order valence-electron chi connectivity index (χ3n) is 3.39. The molecule has 0 aliphatic carbocycles. The van der Waals surface area contributed by atoms with Gasteiger partial charge < -0.3 is 4.90 Å². The van der Waals surface area contributed by atoms with Crippen LogP contribution < -0.4 is 4.90 Å². The Balaban J connectivity index is 2.12. The monoisotopic (exact) mass is 302 g/mol. The highest BCUT2D eigenvalue weighted by molar-refractivity contribution is 9.10. The number of fused-ring (bicyclic) bond motifs is 1. The number of anilines is 2. The molecule has 0 saturated carbocycles. The van der Waals surface area contributed by atoms with E-state index in [2.05, 4.69) is 70.0 Å². The van der Waals surface area contributed by atoms with E-state index in [1.165, 1.54) is 16.8 Å². The van der Waals surface area contributed by atoms with Crippen LogP contribution in [0.25, 0.3) is 0 Å². The molecule has 92 valence electrons. The van der Waals surface area contributed by atoms with Gasteiger partial charge in [-0.15, -0.1) is 0 Å². The number of halogens is 1. The maximum absolute atomic E-state index is 4.59. The zero-order chi connectivity index (χ0) is 12.7. The van der Waals surface area contributed by atoms with Crippen molar-refractivity contribution in [1.29, 1.82) is 0 Å². The quantitative estimate of drug-likeness (QED) is 0.783. The Labute approximate surface area is 116 Å². The fourth-order valence-corrected chi connectivity index (χ4v) is 3.25. The summed E-state index contributed by atoms with van der Waals surface area (Å²) >= 11 is 3.63. The van der Waals surface area contributed by atoms with Crippen molar-refractivity contribution in [2.24, 2.45) is 0 Å². The van der Waals surface area contributed by atoms with E-state index in [4.69, 9.17) is 0 Å². The lowest BCUT2D eigenvalue weighted by Gasteiger charge is -2.25. The third kappa shape index (κ3) is 1.83. The van der Waals surface area contributed by atoms with Crippen LogP contribution in [0, 0.1) is 6.92 Å². The van der Waals surface area contributed by atoms with Gasteiger partial charge in [0.15, 0.2) is 0 Å². The smallest absolute Gasteiger partial charge is 0.147 e. The van der Waals surface area contributed by atoms with Crippen LogP contribution in [0.1, 0.15) is 18.1 Å². The Bertz CT molecular complexity index is 595. The van der Waals surface area contributed by atoms with Gasteiger partial charge in [0.25, 0.3) is 0 Å². The second kappa shape index (κ2) is 4.39. The van der Waals surface area contributed by atoms with Crippen molar-refractivity contribution in [2.45, 2.75) is 26.3 Å². The normalized spacial score (nSPS) is 17.9. The number of para-hydroxylation sites is 1. The Morgan fingerprint density at radius 2 is 2.11 bits per heavy atom. The van der Waals surface area contributed by atoms with Crippen LogP contribution in [0.4, 0.5) is 11.5 Å². The number of hydrogen-bond donors (Lipinski definition) is 0. The summed E-state index contributed by atoms with van der Waals surface area (Å²) in [6, 6.07) is 11.1. The van der Waals surface area contributed by atoms with Gasteiger partial charge in [-0.1, -0.05) is 18.2 Å². The van der Waals surface area contributed by atoms with Crippen LogP contribution >= 0.6 is 15.9 Å². The van der Waals surface area contributed by atoms with Crippen LogP contribution in [-0.2, 0) is 6.42 Å². The molecule has 0 radical (unpaired) electrons. The molecule has 0 amide bonds. The minimum Gasteiger partial charge on any atom is -0.322 e. The summed E-state index contributed by atoms with van der Waals surface area (Å²) in [7, 11) is 0. The van der Waals surface area contributed by atoms with Crippen LogP contribution in [0.15, 0.2) is 41.0 Å². The molecule has 3 heteroatoms. The van der Waals surface area contributed by atoms with Crippen molar-refractivity contribution >= 4 is 27.4 Å². The second-order valence-electron chi connectivity index (χ2n) is 4.87. The van der Waals surface area contributed by atoms with Gasteiger partial charge in [0.2, 0.25) is 0 Å². The summed E-state index contributed by atoms with van der Waals surface area (Å²) in [5, 5.41) is 0. The van der Waals surface area contributed by atoms with Crippen molar-refractivity contribution in [2.75, 3.05) is 4.90 Å². The molecule has 1 aliphatic rings. The number of nitrogens with zero attached hydrogens (tertiary/aromatic N) is 2. The number of hydrogen-bond acceptors (Lipinski definition) is 2. The first kappa shape index (κ1) is 11.7. The number of pyridine rings is 1. The van der Waals surface area contributed by atoms with Gasteiger partial charge in [0.1, 0.15) is 5.82 Å². The predicted molar refractivity (Wildman–Crippen MR) is 78.4 cm³/mol. The molecule has 2 aromatic rings. The maximum Gasteiger partial charge on any atom is 0.147 e. The highest BCUT2D eigenvalue weighted by Gasteiger charge is 2.28. The Kier molecular flexibility index (Phi) is 2.86. The molecule has 1 aromatic heterocycles. The second-order valence-corrected chi connectivity index (χ2v) is 5.72. The molecule has 3 rings (SSSR count). The zero-order valence-corrected chi connectivity index (χ0v) is 12.1. The molecule has 0 saturated heterocycles. The van der Waals surface area contributed by atoms with E-state index in [0.29, 0.717) is 6.04 Å². The standard InChI is InChI=1S/C15H15BrN2/c1-10-7-13(16)15(17-9-10)18-11(2)8-12-5-3-4-6-14(12)18/h3-7,9,11H,8H2,1-2H3. The summed E-state index contributed by atoms with van der Waals surface area (Å²) in [4.78, 5) is 6.91. The topological polar surface area (TPSA) is 16.1 Å². The fourth-order valence-electron chi connectivity index (χ4n) is 2.59. The molecular formula is C15H15BrN2. The van der Waals surface area contributed by atoms with Gasteiger partial charge in [-0.05, 0) is 59.5 Å². The van der Waals surface area contributed by atoms with Crippen LogP contribution in [0.2, 0.25) is 0 Å². The first-order valence-corrected chi connectivity index (χ1v) is 6.95. The predicted octanol–water partition coefficient (Wildman–Crippen LogP) is 4.24. The highest BCUT2D eigenvalue weighted by atomic mass is 79.9. The Hall–Kier alpha value is -1.35. The largest absolute Gasteiger partial charge is 0.322 e. The molecule has 2 heterocycles. The summed E-state index contributed by atoms with van der Waals surface area (Å²) in [5.74, 6) is 1.01. The lowest BCUT2D eigenvalue weighted by Crippen LogP contribution is -2.25. The molecular weight excluding hydrogens is 288 g/mol. The number of benzene rings is 1. The summed E-state index contributed by atoms with van der Waals surface area (Å²) < 4.78 is 1.06. The van der Waals surface area contributed by atoms with Crippen molar-refractivity contribution in [3.8, 4) is 0 Å². The van der Waals surface area contributed by atoms with Crippen molar-refractivity contribution in [3.63, 3.8) is 0 Å². The Morgan fingerprint density at radius 3 is 2.89 bits per heavy atom. The van der Waals surface area contributed by atoms with E-state index in [9.17, 15) is 0 Å². The van der Waals surface area contributed by atoms with Crippen LogP contribution in [-0.4, -0.2) is 11.0 Å². The van der Waals surface area contributed by atoms with E-state index in [0.717, 1.165) is 16.7 Å². The van der Waals surface area contributed by atoms with Crippen molar-refractivity contribution < 1.29 is 0 Å². The van der Waals surface area contributed by atoms with E-state index in [1.807, 2.05) is 6.20 Å². The number of aryl methyl sites for hydroxylation is 1. The van der Waals surface area contributed by atoms with Gasteiger partial charge in [-0.3, -0.25) is 0 Å². The summed E-state index contributed by atoms with van der Waals surface area (Å²) in [5.41, 5.74) is 3.85. The highest BCUT2D eigenvalue weighted by Crippen LogP contribution is 2.40. The van der Waals surface area contributed by atoms with Crippen molar-refractivity contribution in [3.05, 3.63) is 52.1 Å². The maximum atomic E-state index is 4.59.